The van der Waals surface area contributed by atoms with E-state index in [1.165, 1.54) is 18.3 Å². The smallest absolute Gasteiger partial charge is 0.126 e. The molecule has 2 aliphatic carbocycles. The molecule has 2 aliphatic rings. The van der Waals surface area contributed by atoms with Crippen molar-refractivity contribution in [2.24, 2.45) is 16.7 Å². The van der Waals surface area contributed by atoms with Gasteiger partial charge in [-0.3, -0.25) is 0 Å². The number of rotatable bonds is 5. The van der Waals surface area contributed by atoms with E-state index in [-0.39, 0.29) is 17.4 Å². The molecule has 0 radical (unpaired) electrons. The molecule has 0 unspecified atom stereocenters. The van der Waals surface area contributed by atoms with Gasteiger partial charge in [-0.25, -0.2) is 0 Å². The van der Waals surface area contributed by atoms with Crippen LogP contribution in [0.25, 0.3) is 0 Å². The number of aliphatic hydroxyl groups excluding tert-OH is 1. The fraction of sp³-hybridized carbons (Fsp3) is 0.750. The second-order valence-electron chi connectivity index (χ2n) is 7.98. The van der Waals surface area contributed by atoms with Crippen LogP contribution >= 0.6 is 0 Å². The molecule has 2 rings (SSSR count). The summed E-state index contributed by atoms with van der Waals surface area (Å²) in [6, 6.07) is 0. The molecule has 1 fully saturated rings. The van der Waals surface area contributed by atoms with Gasteiger partial charge in [-0.15, -0.1) is 0 Å². The molecule has 2 heteroatoms. The molecule has 0 heterocycles. The van der Waals surface area contributed by atoms with Crippen LogP contribution in [-0.2, 0) is 4.79 Å². The largest absolute Gasteiger partial charge is 0.392 e. The molecule has 1 saturated carbocycles. The summed E-state index contributed by atoms with van der Waals surface area (Å²) in [6.07, 6.45) is 11.0. The molecule has 0 aliphatic heterocycles. The highest BCUT2D eigenvalue weighted by molar-refractivity contribution is 5.60. The highest BCUT2D eigenvalue weighted by Gasteiger charge is 2.51. The van der Waals surface area contributed by atoms with Crippen molar-refractivity contribution >= 4 is 6.29 Å². The van der Waals surface area contributed by atoms with E-state index in [0.29, 0.717) is 5.92 Å². The molecule has 0 saturated heterocycles. The molecule has 0 aromatic heterocycles. The van der Waals surface area contributed by atoms with Crippen LogP contribution in [0.4, 0.5) is 0 Å². The third kappa shape index (κ3) is 3.08. The molecular formula is C20H32O2. The van der Waals surface area contributed by atoms with E-state index in [2.05, 4.69) is 27.7 Å². The number of aldehydes is 1. The summed E-state index contributed by atoms with van der Waals surface area (Å²) in [5, 5.41) is 9.04. The van der Waals surface area contributed by atoms with Crippen LogP contribution in [0.5, 0.6) is 0 Å². The maximum Gasteiger partial charge on any atom is 0.126 e. The maximum absolute atomic E-state index is 11.8. The van der Waals surface area contributed by atoms with Gasteiger partial charge in [0.25, 0.3) is 0 Å². The minimum Gasteiger partial charge on any atom is -0.392 e. The topological polar surface area (TPSA) is 37.3 Å². The summed E-state index contributed by atoms with van der Waals surface area (Å²) in [7, 11) is 0. The normalized spacial score (nSPS) is 36.2. The molecule has 124 valence electrons. The van der Waals surface area contributed by atoms with Gasteiger partial charge in [0, 0.05) is 5.41 Å². The molecular weight excluding hydrogens is 272 g/mol. The Hall–Kier alpha value is -0.890. The Labute approximate surface area is 135 Å². The number of hydrogen-bond acceptors (Lipinski definition) is 2. The predicted octanol–water partition coefficient (Wildman–Crippen LogP) is 4.83. The van der Waals surface area contributed by atoms with Crippen molar-refractivity contribution < 1.29 is 9.90 Å². The minimum absolute atomic E-state index is 0.132. The summed E-state index contributed by atoms with van der Waals surface area (Å²) < 4.78 is 0. The Bertz CT molecular complexity index is 488. The van der Waals surface area contributed by atoms with E-state index in [0.717, 1.165) is 38.5 Å². The van der Waals surface area contributed by atoms with Crippen molar-refractivity contribution in [2.45, 2.75) is 72.6 Å². The summed E-state index contributed by atoms with van der Waals surface area (Å²) in [5.41, 5.74) is 4.46. The monoisotopic (exact) mass is 304 g/mol. The zero-order chi connectivity index (χ0) is 16.4. The summed E-state index contributed by atoms with van der Waals surface area (Å²) in [4.78, 5) is 11.8. The standard InChI is InChI=1S/C20H32O2/c1-15(10-13-21)6-8-17-16(2)7-9-18-19(3,14-22)11-5-12-20(17,18)4/h10,14,18,21H,5-9,11-13H2,1-4H3/b15-10+/t18-,19+,20+/m0/s1. The van der Waals surface area contributed by atoms with Crippen molar-refractivity contribution in [3.8, 4) is 0 Å². The number of hydrogen-bond donors (Lipinski definition) is 1. The highest BCUT2D eigenvalue weighted by atomic mass is 16.2. The zero-order valence-corrected chi connectivity index (χ0v) is 14.7. The van der Waals surface area contributed by atoms with E-state index in [4.69, 9.17) is 5.11 Å². The van der Waals surface area contributed by atoms with Crippen LogP contribution in [0.2, 0.25) is 0 Å². The molecule has 0 bridgehead atoms. The lowest BCUT2D eigenvalue weighted by atomic mass is 9.49. The molecule has 1 N–H and O–H groups in total. The van der Waals surface area contributed by atoms with Crippen molar-refractivity contribution in [1.82, 2.24) is 0 Å². The van der Waals surface area contributed by atoms with E-state index in [9.17, 15) is 4.79 Å². The molecule has 0 aromatic carbocycles. The lowest BCUT2D eigenvalue weighted by Gasteiger charge is -2.54. The van der Waals surface area contributed by atoms with E-state index in [1.54, 1.807) is 11.1 Å². The predicted molar refractivity (Wildman–Crippen MR) is 91.6 cm³/mol. The molecule has 2 nitrogen and oxygen atoms in total. The first-order valence-electron chi connectivity index (χ1n) is 8.79. The Morgan fingerprint density at radius 3 is 2.73 bits per heavy atom. The average Bonchev–Trinajstić information content (AvgIpc) is 2.46. The van der Waals surface area contributed by atoms with Crippen LogP contribution in [-0.4, -0.2) is 18.0 Å². The summed E-state index contributed by atoms with van der Waals surface area (Å²) >= 11 is 0. The molecule has 0 aromatic rings. The molecule has 22 heavy (non-hydrogen) atoms. The van der Waals surface area contributed by atoms with Gasteiger partial charge in [0.1, 0.15) is 6.29 Å². The quantitative estimate of drug-likeness (QED) is 0.583. The summed E-state index contributed by atoms with van der Waals surface area (Å²) in [6.45, 7) is 9.10. The van der Waals surface area contributed by atoms with Gasteiger partial charge in [0.2, 0.25) is 0 Å². The van der Waals surface area contributed by atoms with Gasteiger partial charge in [-0.1, -0.05) is 43.1 Å². The molecule has 0 spiro atoms. The van der Waals surface area contributed by atoms with Crippen molar-refractivity contribution in [3.63, 3.8) is 0 Å². The van der Waals surface area contributed by atoms with Crippen LogP contribution in [0.3, 0.4) is 0 Å². The lowest BCUT2D eigenvalue weighted by molar-refractivity contribution is -0.124. The number of carbonyl (C=O) groups excluding carboxylic acids is 1. The van der Waals surface area contributed by atoms with E-state index in [1.807, 2.05) is 6.08 Å². The Balaban J connectivity index is 2.28. The fourth-order valence-corrected chi connectivity index (χ4v) is 5.14. The molecule has 0 amide bonds. The van der Waals surface area contributed by atoms with Crippen LogP contribution in [0, 0.1) is 16.7 Å². The van der Waals surface area contributed by atoms with Gasteiger partial charge in [0.15, 0.2) is 0 Å². The van der Waals surface area contributed by atoms with Crippen molar-refractivity contribution in [1.29, 1.82) is 0 Å². The first-order valence-corrected chi connectivity index (χ1v) is 8.79. The molecule has 3 atom stereocenters. The van der Waals surface area contributed by atoms with Crippen molar-refractivity contribution in [2.75, 3.05) is 6.61 Å². The third-order valence-electron chi connectivity index (χ3n) is 6.47. The average molecular weight is 304 g/mol. The van der Waals surface area contributed by atoms with Gasteiger partial charge < -0.3 is 9.90 Å². The van der Waals surface area contributed by atoms with Crippen LogP contribution in [0.1, 0.15) is 72.6 Å². The van der Waals surface area contributed by atoms with E-state index >= 15 is 0 Å². The lowest BCUT2D eigenvalue weighted by Crippen LogP contribution is -2.47. The number of allylic oxidation sites excluding steroid dienone is 3. The third-order valence-corrected chi connectivity index (χ3v) is 6.47. The van der Waals surface area contributed by atoms with Crippen LogP contribution in [0.15, 0.2) is 22.8 Å². The van der Waals surface area contributed by atoms with E-state index < -0.39 is 0 Å². The van der Waals surface area contributed by atoms with Gasteiger partial charge in [-0.05, 0) is 63.7 Å². The van der Waals surface area contributed by atoms with Gasteiger partial charge in [-0.2, -0.15) is 0 Å². The second kappa shape index (κ2) is 6.70. The van der Waals surface area contributed by atoms with Gasteiger partial charge in [0.05, 0.1) is 6.61 Å². The highest BCUT2D eigenvalue weighted by Crippen LogP contribution is 2.59. The minimum atomic E-state index is -0.144. The Morgan fingerprint density at radius 1 is 1.36 bits per heavy atom. The Morgan fingerprint density at radius 2 is 2.09 bits per heavy atom. The number of carbonyl (C=O) groups is 1. The first-order chi connectivity index (χ1) is 10.4. The maximum atomic E-state index is 11.8. The fourth-order valence-electron chi connectivity index (χ4n) is 5.14. The van der Waals surface area contributed by atoms with Crippen molar-refractivity contribution in [3.05, 3.63) is 22.8 Å². The SMILES string of the molecule is CC1=C(CC/C(C)=C/CO)[C@@]2(C)CCC[C@](C)(C=O)[C@@H]2CC1. The zero-order valence-electron chi connectivity index (χ0n) is 14.7. The number of fused-ring (bicyclic) bond motifs is 1. The van der Waals surface area contributed by atoms with Gasteiger partial charge >= 0.3 is 0 Å². The first kappa shape index (κ1) is 17.5. The summed E-state index contributed by atoms with van der Waals surface area (Å²) in [5.74, 6) is 0.493. The second-order valence-corrected chi connectivity index (χ2v) is 7.98. The number of aliphatic hydroxyl groups is 1. The van der Waals surface area contributed by atoms with Crippen LogP contribution < -0.4 is 0 Å². The Kier molecular flexibility index (Phi) is 5.32.